The van der Waals surface area contributed by atoms with Gasteiger partial charge in [0.05, 0.1) is 0 Å². The zero-order valence-corrected chi connectivity index (χ0v) is 14.3. The Labute approximate surface area is 150 Å². The van der Waals surface area contributed by atoms with E-state index >= 15 is 0 Å². The van der Waals surface area contributed by atoms with Crippen LogP contribution in [0.2, 0.25) is 5.02 Å². The van der Waals surface area contributed by atoms with Crippen LogP contribution >= 0.6 is 11.6 Å². The van der Waals surface area contributed by atoms with E-state index < -0.39 is 0 Å². The van der Waals surface area contributed by atoms with E-state index in [4.69, 9.17) is 16.3 Å². The van der Waals surface area contributed by atoms with Crippen LogP contribution in [0.4, 0.5) is 5.69 Å². The van der Waals surface area contributed by atoms with Crippen molar-refractivity contribution in [3.8, 4) is 5.75 Å². The van der Waals surface area contributed by atoms with Gasteiger partial charge in [-0.15, -0.1) is 0 Å². The van der Waals surface area contributed by atoms with Crippen molar-refractivity contribution in [2.24, 2.45) is 0 Å². The first kappa shape index (κ1) is 17.0. The SMILES string of the molecule is CC(=O)Nc1cccc(C(=O)C=CC2=Cc3cc(Cl)ccc3OC2)c1. The summed E-state index contributed by atoms with van der Waals surface area (Å²) in [5.74, 6) is 0.447. The van der Waals surface area contributed by atoms with E-state index in [-0.39, 0.29) is 11.7 Å². The quantitative estimate of drug-likeness (QED) is 0.649. The lowest BCUT2D eigenvalue weighted by molar-refractivity contribution is -0.114. The number of allylic oxidation sites excluding steroid dienone is 1. The van der Waals surface area contributed by atoms with Gasteiger partial charge in [0.2, 0.25) is 5.91 Å². The van der Waals surface area contributed by atoms with Crippen molar-refractivity contribution in [1.29, 1.82) is 0 Å². The van der Waals surface area contributed by atoms with Gasteiger partial charge in [-0.05, 0) is 48.1 Å². The molecule has 0 spiro atoms. The molecule has 2 aromatic carbocycles. The fourth-order valence-corrected chi connectivity index (χ4v) is 2.68. The minimum Gasteiger partial charge on any atom is -0.488 e. The van der Waals surface area contributed by atoms with Gasteiger partial charge in [-0.3, -0.25) is 9.59 Å². The van der Waals surface area contributed by atoms with Gasteiger partial charge in [0, 0.05) is 28.8 Å². The molecule has 1 N–H and O–H groups in total. The van der Waals surface area contributed by atoms with Crippen LogP contribution in [0.5, 0.6) is 5.75 Å². The number of rotatable bonds is 4. The number of carbonyl (C=O) groups is 2. The summed E-state index contributed by atoms with van der Waals surface area (Å²) in [5, 5.41) is 3.30. The first-order valence-corrected chi connectivity index (χ1v) is 8.12. The average molecular weight is 354 g/mol. The number of ether oxygens (including phenoxy) is 1. The minimum absolute atomic E-state index is 0.148. The lowest BCUT2D eigenvalue weighted by Gasteiger charge is -2.16. The molecule has 1 heterocycles. The molecule has 0 fully saturated rings. The van der Waals surface area contributed by atoms with Crippen molar-refractivity contribution in [3.63, 3.8) is 0 Å². The summed E-state index contributed by atoms with van der Waals surface area (Å²) in [7, 11) is 0. The Morgan fingerprint density at radius 1 is 1.20 bits per heavy atom. The average Bonchev–Trinajstić information content (AvgIpc) is 2.59. The third-order valence-electron chi connectivity index (χ3n) is 3.62. The lowest BCUT2D eigenvalue weighted by atomic mass is 10.1. The normalized spacial score (nSPS) is 13.0. The molecule has 0 atom stereocenters. The number of amides is 1. The molecule has 2 aromatic rings. The molecule has 1 aliphatic heterocycles. The first-order chi connectivity index (χ1) is 12.0. The number of nitrogens with one attached hydrogen (secondary N) is 1. The second-order valence-electron chi connectivity index (χ2n) is 5.65. The number of ketones is 1. The number of hydrogen-bond donors (Lipinski definition) is 1. The molecule has 1 amide bonds. The maximum atomic E-state index is 12.3. The Bertz CT molecular complexity index is 900. The predicted molar refractivity (Wildman–Crippen MR) is 99.1 cm³/mol. The maximum absolute atomic E-state index is 12.3. The Kier molecular flexibility index (Phi) is 5.00. The molecule has 0 saturated carbocycles. The standard InChI is InChI=1S/C20H16ClNO3/c1-13(23)22-18-4-2-3-15(11-18)19(24)7-5-14-9-16-10-17(21)6-8-20(16)25-12-14/h2-11H,12H2,1H3,(H,22,23). The largest absolute Gasteiger partial charge is 0.488 e. The van der Waals surface area contributed by atoms with Crippen LogP contribution in [0.1, 0.15) is 22.8 Å². The topological polar surface area (TPSA) is 55.4 Å². The van der Waals surface area contributed by atoms with Crippen molar-refractivity contribution in [2.75, 3.05) is 11.9 Å². The summed E-state index contributed by atoms with van der Waals surface area (Å²) in [4.78, 5) is 23.4. The molecule has 1 aliphatic rings. The van der Waals surface area contributed by atoms with E-state index in [1.54, 1.807) is 36.4 Å². The molecule has 0 saturated heterocycles. The highest BCUT2D eigenvalue weighted by Gasteiger charge is 2.11. The number of fused-ring (bicyclic) bond motifs is 1. The highest BCUT2D eigenvalue weighted by molar-refractivity contribution is 6.30. The Hall–Kier alpha value is -2.85. The van der Waals surface area contributed by atoms with Crippen molar-refractivity contribution < 1.29 is 14.3 Å². The van der Waals surface area contributed by atoms with Gasteiger partial charge in [0.15, 0.2) is 5.78 Å². The highest BCUT2D eigenvalue weighted by Crippen LogP contribution is 2.29. The fraction of sp³-hybridized carbons (Fsp3) is 0.100. The van der Waals surface area contributed by atoms with Crippen molar-refractivity contribution >= 4 is 35.1 Å². The van der Waals surface area contributed by atoms with E-state index in [0.29, 0.717) is 22.9 Å². The molecule has 4 nitrogen and oxygen atoms in total. The Balaban J connectivity index is 1.76. The number of carbonyl (C=O) groups excluding carboxylic acids is 2. The molecule has 0 aliphatic carbocycles. The Morgan fingerprint density at radius 2 is 2.04 bits per heavy atom. The van der Waals surface area contributed by atoms with E-state index in [0.717, 1.165) is 16.9 Å². The van der Waals surface area contributed by atoms with Crippen LogP contribution in [-0.2, 0) is 4.79 Å². The van der Waals surface area contributed by atoms with Crippen LogP contribution < -0.4 is 10.1 Å². The summed E-state index contributed by atoms with van der Waals surface area (Å²) in [6.45, 7) is 1.82. The van der Waals surface area contributed by atoms with E-state index in [9.17, 15) is 9.59 Å². The van der Waals surface area contributed by atoms with Gasteiger partial charge in [0.1, 0.15) is 12.4 Å². The van der Waals surface area contributed by atoms with Crippen LogP contribution in [-0.4, -0.2) is 18.3 Å². The van der Waals surface area contributed by atoms with E-state index in [1.807, 2.05) is 18.2 Å². The molecule has 0 radical (unpaired) electrons. The van der Waals surface area contributed by atoms with E-state index in [2.05, 4.69) is 5.32 Å². The van der Waals surface area contributed by atoms with Crippen molar-refractivity contribution in [1.82, 2.24) is 0 Å². The van der Waals surface area contributed by atoms with Crippen LogP contribution in [0.3, 0.4) is 0 Å². The number of benzene rings is 2. The van der Waals surface area contributed by atoms with Crippen LogP contribution in [0, 0.1) is 0 Å². The molecule has 126 valence electrons. The van der Waals surface area contributed by atoms with Crippen LogP contribution in [0.15, 0.2) is 60.2 Å². The minimum atomic E-state index is -0.179. The summed E-state index contributed by atoms with van der Waals surface area (Å²) in [6, 6.07) is 12.2. The zero-order valence-electron chi connectivity index (χ0n) is 13.6. The third kappa shape index (κ3) is 4.37. The van der Waals surface area contributed by atoms with Gasteiger partial charge in [-0.1, -0.05) is 29.8 Å². The van der Waals surface area contributed by atoms with Crippen LogP contribution in [0.25, 0.3) is 6.08 Å². The van der Waals surface area contributed by atoms with Crippen molar-refractivity contribution in [3.05, 3.63) is 76.3 Å². The molecular weight excluding hydrogens is 338 g/mol. The fourth-order valence-electron chi connectivity index (χ4n) is 2.49. The zero-order chi connectivity index (χ0) is 17.8. The smallest absolute Gasteiger partial charge is 0.221 e. The number of halogens is 1. The molecule has 3 rings (SSSR count). The molecule has 25 heavy (non-hydrogen) atoms. The van der Waals surface area contributed by atoms with E-state index in [1.165, 1.54) is 13.0 Å². The maximum Gasteiger partial charge on any atom is 0.221 e. The predicted octanol–water partition coefficient (Wildman–Crippen LogP) is 4.51. The monoisotopic (exact) mass is 353 g/mol. The second-order valence-corrected chi connectivity index (χ2v) is 6.09. The lowest BCUT2D eigenvalue weighted by Crippen LogP contribution is -2.07. The van der Waals surface area contributed by atoms with Gasteiger partial charge in [0.25, 0.3) is 0 Å². The molecular formula is C20H16ClNO3. The highest BCUT2D eigenvalue weighted by atomic mass is 35.5. The van der Waals surface area contributed by atoms with Gasteiger partial charge in [-0.2, -0.15) is 0 Å². The van der Waals surface area contributed by atoms with Gasteiger partial charge >= 0.3 is 0 Å². The van der Waals surface area contributed by atoms with Gasteiger partial charge in [-0.25, -0.2) is 0 Å². The summed E-state index contributed by atoms with van der Waals surface area (Å²) >= 11 is 6.00. The Morgan fingerprint density at radius 3 is 2.84 bits per heavy atom. The van der Waals surface area contributed by atoms with Gasteiger partial charge < -0.3 is 10.1 Å². The molecule has 5 heteroatoms. The van der Waals surface area contributed by atoms with Crippen molar-refractivity contribution in [2.45, 2.75) is 6.92 Å². The summed E-state index contributed by atoms with van der Waals surface area (Å²) in [5.41, 5.74) is 2.86. The second kappa shape index (κ2) is 7.36. The number of hydrogen-bond acceptors (Lipinski definition) is 3. The number of anilines is 1. The third-order valence-corrected chi connectivity index (χ3v) is 3.86. The molecule has 0 aromatic heterocycles. The molecule has 0 unspecified atom stereocenters. The first-order valence-electron chi connectivity index (χ1n) is 7.74. The molecule has 0 bridgehead atoms. The summed E-state index contributed by atoms with van der Waals surface area (Å²) < 4.78 is 5.65. The summed E-state index contributed by atoms with van der Waals surface area (Å²) in [6.07, 6.45) is 5.18.